The van der Waals surface area contributed by atoms with Gasteiger partial charge in [0.05, 0.1) is 25.3 Å². The van der Waals surface area contributed by atoms with E-state index in [0.29, 0.717) is 32.7 Å². The molecule has 0 unspecified atom stereocenters. The number of amides is 2. The van der Waals surface area contributed by atoms with Gasteiger partial charge < -0.3 is 19.5 Å². The van der Waals surface area contributed by atoms with Crippen molar-refractivity contribution in [3.8, 4) is 0 Å². The van der Waals surface area contributed by atoms with Crippen LogP contribution in [-0.4, -0.2) is 83.9 Å². The van der Waals surface area contributed by atoms with Crippen molar-refractivity contribution >= 4 is 11.8 Å². The van der Waals surface area contributed by atoms with E-state index in [9.17, 15) is 9.59 Å². The third kappa shape index (κ3) is 3.93. The van der Waals surface area contributed by atoms with E-state index in [4.69, 9.17) is 4.42 Å². The van der Waals surface area contributed by atoms with Gasteiger partial charge in [-0.1, -0.05) is 0 Å². The van der Waals surface area contributed by atoms with Crippen LogP contribution in [0.1, 0.15) is 17.3 Å². The van der Waals surface area contributed by atoms with Crippen molar-refractivity contribution in [1.29, 1.82) is 0 Å². The number of carbonyl (C=O) groups is 2. The zero-order valence-corrected chi connectivity index (χ0v) is 14.4. The summed E-state index contributed by atoms with van der Waals surface area (Å²) in [4.78, 5) is 34.3. The Balaban J connectivity index is 1.45. The molecular weight excluding hydrogens is 310 g/mol. The van der Waals surface area contributed by atoms with Gasteiger partial charge in [-0.15, -0.1) is 0 Å². The maximum atomic E-state index is 12.4. The Kier molecular flexibility index (Phi) is 5.15. The van der Waals surface area contributed by atoms with Gasteiger partial charge in [-0.3, -0.25) is 14.5 Å². The summed E-state index contributed by atoms with van der Waals surface area (Å²) in [6.07, 6.45) is 0. The van der Waals surface area contributed by atoms with Crippen molar-refractivity contribution in [1.82, 2.24) is 25.0 Å². The number of aryl methyl sites for hydroxylation is 2. The van der Waals surface area contributed by atoms with E-state index >= 15 is 0 Å². The summed E-state index contributed by atoms with van der Waals surface area (Å²) in [6, 6.07) is 0. The van der Waals surface area contributed by atoms with Gasteiger partial charge in [0.2, 0.25) is 17.7 Å². The van der Waals surface area contributed by atoms with E-state index in [0.717, 1.165) is 37.0 Å². The van der Waals surface area contributed by atoms with Crippen LogP contribution in [0.15, 0.2) is 4.42 Å². The van der Waals surface area contributed by atoms with E-state index in [-0.39, 0.29) is 18.4 Å². The zero-order valence-electron chi connectivity index (χ0n) is 14.4. The first-order valence-electron chi connectivity index (χ1n) is 8.44. The number of hydrogen-bond donors (Lipinski definition) is 1. The highest BCUT2D eigenvalue weighted by atomic mass is 16.4. The lowest BCUT2D eigenvalue weighted by atomic mass is 10.3. The molecule has 0 aliphatic carbocycles. The fourth-order valence-electron chi connectivity index (χ4n) is 3.03. The maximum absolute atomic E-state index is 12.4. The van der Waals surface area contributed by atoms with Crippen LogP contribution in [0.5, 0.6) is 0 Å². The Morgan fingerprint density at radius 3 is 2.58 bits per heavy atom. The average molecular weight is 335 g/mol. The van der Waals surface area contributed by atoms with Gasteiger partial charge in [-0.05, 0) is 13.8 Å². The summed E-state index contributed by atoms with van der Waals surface area (Å²) >= 11 is 0. The highest BCUT2D eigenvalue weighted by molar-refractivity contribution is 5.86. The second-order valence-electron chi connectivity index (χ2n) is 6.40. The molecule has 3 rings (SSSR count). The summed E-state index contributed by atoms with van der Waals surface area (Å²) in [6.45, 7) is 9.35. The predicted molar refractivity (Wildman–Crippen MR) is 87.3 cm³/mol. The van der Waals surface area contributed by atoms with Crippen molar-refractivity contribution < 1.29 is 14.0 Å². The number of rotatable bonds is 4. The Morgan fingerprint density at radius 1 is 1.21 bits per heavy atom. The topological polar surface area (TPSA) is 81.9 Å². The van der Waals surface area contributed by atoms with Crippen LogP contribution in [0, 0.1) is 13.8 Å². The maximum Gasteiger partial charge on any atom is 0.242 e. The minimum Gasteiger partial charge on any atom is -0.444 e. The second-order valence-corrected chi connectivity index (χ2v) is 6.40. The molecule has 0 spiro atoms. The number of nitrogens with zero attached hydrogens (tertiary/aromatic N) is 4. The average Bonchev–Trinajstić information content (AvgIpc) is 2.88. The molecule has 3 heterocycles. The molecule has 0 saturated carbocycles. The number of nitrogens with one attached hydrogen (secondary N) is 1. The fraction of sp³-hybridized carbons (Fsp3) is 0.688. The Morgan fingerprint density at radius 2 is 1.96 bits per heavy atom. The molecule has 0 bridgehead atoms. The molecule has 2 aliphatic rings. The van der Waals surface area contributed by atoms with Gasteiger partial charge in [-0.25, -0.2) is 4.98 Å². The molecule has 0 radical (unpaired) electrons. The molecule has 2 saturated heterocycles. The summed E-state index contributed by atoms with van der Waals surface area (Å²) < 4.78 is 5.62. The van der Waals surface area contributed by atoms with Crippen LogP contribution < -0.4 is 5.32 Å². The van der Waals surface area contributed by atoms with Gasteiger partial charge in [-0.2, -0.15) is 0 Å². The van der Waals surface area contributed by atoms with Crippen molar-refractivity contribution in [2.24, 2.45) is 0 Å². The van der Waals surface area contributed by atoms with Gasteiger partial charge >= 0.3 is 0 Å². The van der Waals surface area contributed by atoms with Crippen molar-refractivity contribution in [2.75, 3.05) is 52.4 Å². The van der Waals surface area contributed by atoms with Gasteiger partial charge in [0, 0.05) is 39.3 Å². The lowest BCUT2D eigenvalue weighted by Gasteiger charge is -2.36. The number of aromatic nitrogens is 1. The normalized spacial score (nSPS) is 19.8. The first-order valence-corrected chi connectivity index (χ1v) is 8.44. The predicted octanol–water partition coefficient (Wildman–Crippen LogP) is -0.633. The highest BCUT2D eigenvalue weighted by Gasteiger charge is 2.26. The molecule has 24 heavy (non-hydrogen) atoms. The Bertz CT molecular complexity index is 587. The Labute approximate surface area is 141 Å². The number of carbonyl (C=O) groups excluding carboxylic acids is 2. The largest absolute Gasteiger partial charge is 0.444 e. The van der Waals surface area contributed by atoms with E-state index in [2.05, 4.69) is 15.2 Å². The molecule has 132 valence electrons. The SMILES string of the molecule is Cc1nc(CN2CCN(C(=O)CN3CCNCC3=O)CC2)oc1C. The van der Waals surface area contributed by atoms with Crippen LogP contribution in [0.25, 0.3) is 0 Å². The highest BCUT2D eigenvalue weighted by Crippen LogP contribution is 2.12. The fourth-order valence-corrected chi connectivity index (χ4v) is 3.03. The molecule has 1 N–H and O–H groups in total. The molecule has 8 nitrogen and oxygen atoms in total. The third-order valence-electron chi connectivity index (χ3n) is 4.67. The van der Waals surface area contributed by atoms with E-state index in [1.54, 1.807) is 4.90 Å². The quantitative estimate of drug-likeness (QED) is 0.789. The molecule has 8 heteroatoms. The molecule has 2 amide bonds. The molecule has 2 fully saturated rings. The van der Waals surface area contributed by atoms with E-state index < -0.39 is 0 Å². The van der Waals surface area contributed by atoms with Crippen molar-refractivity contribution in [3.05, 3.63) is 17.3 Å². The summed E-state index contributed by atoms with van der Waals surface area (Å²) in [7, 11) is 0. The number of oxazole rings is 1. The van der Waals surface area contributed by atoms with Crippen molar-refractivity contribution in [3.63, 3.8) is 0 Å². The molecule has 1 aromatic rings. The summed E-state index contributed by atoms with van der Waals surface area (Å²) in [5.74, 6) is 1.63. The zero-order chi connectivity index (χ0) is 17.1. The minimum atomic E-state index is 0.00266. The molecule has 2 aliphatic heterocycles. The van der Waals surface area contributed by atoms with Crippen LogP contribution in [-0.2, 0) is 16.1 Å². The third-order valence-corrected chi connectivity index (χ3v) is 4.67. The van der Waals surface area contributed by atoms with E-state index in [1.165, 1.54) is 0 Å². The number of hydrogen-bond acceptors (Lipinski definition) is 6. The first-order chi connectivity index (χ1) is 11.5. The van der Waals surface area contributed by atoms with Gasteiger partial charge in [0.15, 0.2) is 0 Å². The molecule has 0 atom stereocenters. The van der Waals surface area contributed by atoms with Crippen LogP contribution in [0.2, 0.25) is 0 Å². The lowest BCUT2D eigenvalue weighted by molar-refractivity contribution is -0.142. The Hall–Kier alpha value is -1.93. The monoisotopic (exact) mass is 335 g/mol. The first kappa shape index (κ1) is 16.9. The molecule has 1 aromatic heterocycles. The van der Waals surface area contributed by atoms with Crippen LogP contribution in [0.4, 0.5) is 0 Å². The number of piperazine rings is 2. The van der Waals surface area contributed by atoms with Gasteiger partial charge in [0.1, 0.15) is 5.76 Å². The van der Waals surface area contributed by atoms with Crippen LogP contribution >= 0.6 is 0 Å². The van der Waals surface area contributed by atoms with E-state index in [1.807, 2.05) is 18.7 Å². The standard InChI is InChI=1S/C16H25N5O3/c1-12-13(2)24-14(18-12)10-19-5-7-20(8-6-19)16(23)11-21-4-3-17-9-15(21)22/h17H,3-11H2,1-2H3. The second kappa shape index (κ2) is 7.31. The molecule has 0 aromatic carbocycles. The van der Waals surface area contributed by atoms with Crippen LogP contribution in [0.3, 0.4) is 0 Å². The van der Waals surface area contributed by atoms with Crippen molar-refractivity contribution in [2.45, 2.75) is 20.4 Å². The molecular formula is C16H25N5O3. The summed E-state index contributed by atoms with van der Waals surface area (Å²) in [5, 5.41) is 3.01. The summed E-state index contributed by atoms with van der Waals surface area (Å²) in [5.41, 5.74) is 0.930. The lowest BCUT2D eigenvalue weighted by Crippen LogP contribution is -2.54. The smallest absolute Gasteiger partial charge is 0.242 e. The van der Waals surface area contributed by atoms with Gasteiger partial charge in [0.25, 0.3) is 0 Å². The minimum absolute atomic E-state index is 0.00266.